The molecule has 2 amide bonds. The molecule has 1 aliphatic rings. The first-order valence-corrected chi connectivity index (χ1v) is 12.4. The molecular weight excluding hydrogens is 446 g/mol. The summed E-state index contributed by atoms with van der Waals surface area (Å²) in [6, 6.07) is 12.4. The van der Waals surface area contributed by atoms with Crippen LogP contribution in [0, 0.1) is 0 Å². The van der Waals surface area contributed by atoms with E-state index in [-0.39, 0.29) is 28.5 Å². The Morgan fingerprint density at radius 2 is 1.73 bits per heavy atom. The van der Waals surface area contributed by atoms with E-state index in [2.05, 4.69) is 10.0 Å². The van der Waals surface area contributed by atoms with Crippen molar-refractivity contribution in [2.45, 2.75) is 37.6 Å². The number of benzene rings is 2. The summed E-state index contributed by atoms with van der Waals surface area (Å²) in [5.74, 6) is 0.287. The SMILES string of the molecule is CCOC(=O)N1CCC(NC(=O)c2cccc(S(=O)(=O)Nc3ccc(OCC)cc3)c2)CC1. The summed E-state index contributed by atoms with van der Waals surface area (Å²) in [4.78, 5) is 26.1. The van der Waals surface area contributed by atoms with Crippen molar-refractivity contribution < 1.29 is 27.5 Å². The van der Waals surface area contributed by atoms with Crippen molar-refractivity contribution in [2.24, 2.45) is 0 Å². The number of carbonyl (C=O) groups is 2. The summed E-state index contributed by atoms with van der Waals surface area (Å²) in [6.45, 7) is 5.44. The molecule has 0 radical (unpaired) electrons. The summed E-state index contributed by atoms with van der Waals surface area (Å²) >= 11 is 0. The number of ether oxygens (including phenoxy) is 2. The van der Waals surface area contributed by atoms with Crippen LogP contribution >= 0.6 is 0 Å². The van der Waals surface area contributed by atoms with Crippen molar-refractivity contribution in [1.29, 1.82) is 0 Å². The third-order valence-corrected chi connectivity index (χ3v) is 6.56. The van der Waals surface area contributed by atoms with Gasteiger partial charge in [-0.05, 0) is 69.2 Å². The summed E-state index contributed by atoms with van der Waals surface area (Å²) in [7, 11) is -3.88. The van der Waals surface area contributed by atoms with Crippen molar-refractivity contribution in [3.8, 4) is 5.75 Å². The summed E-state index contributed by atoms with van der Waals surface area (Å²) in [6.07, 6.45) is 0.851. The minimum Gasteiger partial charge on any atom is -0.494 e. The van der Waals surface area contributed by atoms with Gasteiger partial charge in [-0.1, -0.05) is 6.07 Å². The molecule has 1 saturated heterocycles. The lowest BCUT2D eigenvalue weighted by molar-refractivity contribution is 0.0860. The molecule has 1 heterocycles. The molecule has 0 unspecified atom stereocenters. The summed E-state index contributed by atoms with van der Waals surface area (Å²) in [5, 5.41) is 2.93. The Bertz CT molecular complexity index is 1060. The standard InChI is InChI=1S/C23H29N3O6S/c1-3-31-20-10-8-19(9-11-20)25-33(29,30)21-7-5-6-17(16-21)22(27)24-18-12-14-26(15-13-18)23(28)32-4-2/h5-11,16,18,25H,3-4,12-15H2,1-2H3,(H,24,27). The minimum atomic E-state index is -3.88. The zero-order valence-corrected chi connectivity index (χ0v) is 19.6. The van der Waals surface area contributed by atoms with Gasteiger partial charge in [0.2, 0.25) is 0 Å². The molecule has 0 aliphatic carbocycles. The largest absolute Gasteiger partial charge is 0.494 e. The predicted octanol–water partition coefficient (Wildman–Crippen LogP) is 3.24. The average molecular weight is 476 g/mol. The van der Waals surface area contributed by atoms with Crippen LogP contribution in [0.1, 0.15) is 37.0 Å². The van der Waals surface area contributed by atoms with Gasteiger partial charge < -0.3 is 19.7 Å². The van der Waals surface area contributed by atoms with Gasteiger partial charge in [0.1, 0.15) is 5.75 Å². The zero-order chi connectivity index (χ0) is 23.8. The van der Waals surface area contributed by atoms with Gasteiger partial charge in [-0.3, -0.25) is 9.52 Å². The highest BCUT2D eigenvalue weighted by molar-refractivity contribution is 7.92. The van der Waals surface area contributed by atoms with E-state index in [0.29, 0.717) is 50.6 Å². The first kappa shape index (κ1) is 24.4. The van der Waals surface area contributed by atoms with E-state index >= 15 is 0 Å². The lowest BCUT2D eigenvalue weighted by Crippen LogP contribution is -2.46. The van der Waals surface area contributed by atoms with Crippen LogP contribution in [-0.2, 0) is 14.8 Å². The van der Waals surface area contributed by atoms with Crippen molar-refractivity contribution in [1.82, 2.24) is 10.2 Å². The smallest absolute Gasteiger partial charge is 0.409 e. The van der Waals surface area contributed by atoms with Crippen LogP contribution in [-0.4, -0.2) is 57.7 Å². The zero-order valence-electron chi connectivity index (χ0n) is 18.7. The number of amides is 2. The number of nitrogens with zero attached hydrogens (tertiary/aromatic N) is 1. The molecule has 33 heavy (non-hydrogen) atoms. The lowest BCUT2D eigenvalue weighted by atomic mass is 10.0. The molecule has 2 N–H and O–H groups in total. The molecule has 178 valence electrons. The van der Waals surface area contributed by atoms with Gasteiger partial charge in [-0.2, -0.15) is 0 Å². The number of nitrogens with one attached hydrogen (secondary N) is 2. The maximum absolute atomic E-state index is 12.8. The van der Waals surface area contributed by atoms with E-state index < -0.39 is 10.0 Å². The van der Waals surface area contributed by atoms with E-state index in [9.17, 15) is 18.0 Å². The lowest BCUT2D eigenvalue weighted by Gasteiger charge is -2.31. The maximum Gasteiger partial charge on any atom is 0.409 e. The Labute approximate surface area is 194 Å². The third kappa shape index (κ3) is 6.61. The maximum atomic E-state index is 12.8. The molecule has 0 atom stereocenters. The Hall–Kier alpha value is -3.27. The first-order valence-electron chi connectivity index (χ1n) is 10.9. The van der Waals surface area contributed by atoms with Crippen LogP contribution in [0.2, 0.25) is 0 Å². The van der Waals surface area contributed by atoms with Crippen LogP contribution in [0.5, 0.6) is 5.75 Å². The van der Waals surface area contributed by atoms with Gasteiger partial charge in [0.05, 0.1) is 18.1 Å². The predicted molar refractivity (Wildman–Crippen MR) is 124 cm³/mol. The molecule has 1 aliphatic heterocycles. The van der Waals surface area contributed by atoms with Crippen LogP contribution in [0.25, 0.3) is 0 Å². The highest BCUT2D eigenvalue weighted by Gasteiger charge is 2.25. The molecule has 0 bridgehead atoms. The number of hydrogen-bond acceptors (Lipinski definition) is 6. The van der Waals surface area contributed by atoms with Gasteiger partial charge in [-0.15, -0.1) is 0 Å². The minimum absolute atomic E-state index is 0.0128. The molecule has 1 fully saturated rings. The Morgan fingerprint density at radius 1 is 1.03 bits per heavy atom. The van der Waals surface area contributed by atoms with E-state index in [0.717, 1.165) is 0 Å². The topological polar surface area (TPSA) is 114 Å². The number of likely N-dealkylation sites (tertiary alicyclic amines) is 1. The molecule has 3 rings (SSSR count). The van der Waals surface area contributed by atoms with Crippen LogP contribution in [0.3, 0.4) is 0 Å². The fourth-order valence-corrected chi connectivity index (χ4v) is 4.60. The van der Waals surface area contributed by atoms with E-state index in [4.69, 9.17) is 9.47 Å². The molecule has 0 spiro atoms. The molecule has 2 aromatic rings. The fourth-order valence-electron chi connectivity index (χ4n) is 3.49. The Balaban J connectivity index is 1.61. The molecular formula is C23H29N3O6S. The average Bonchev–Trinajstić information content (AvgIpc) is 2.81. The number of anilines is 1. The Morgan fingerprint density at radius 3 is 2.36 bits per heavy atom. The number of hydrogen-bond donors (Lipinski definition) is 2. The van der Waals surface area contributed by atoms with E-state index in [1.54, 1.807) is 42.2 Å². The quantitative estimate of drug-likeness (QED) is 0.606. The number of sulfonamides is 1. The van der Waals surface area contributed by atoms with Gasteiger partial charge in [0.15, 0.2) is 0 Å². The van der Waals surface area contributed by atoms with E-state index in [1.165, 1.54) is 18.2 Å². The number of rotatable bonds is 8. The first-order chi connectivity index (χ1) is 15.8. The molecule has 10 heteroatoms. The molecule has 0 saturated carbocycles. The number of piperidine rings is 1. The number of carbonyl (C=O) groups excluding carboxylic acids is 2. The van der Waals surface area contributed by atoms with Gasteiger partial charge in [0.25, 0.3) is 15.9 Å². The monoisotopic (exact) mass is 475 g/mol. The van der Waals surface area contributed by atoms with Crippen LogP contribution in [0.4, 0.5) is 10.5 Å². The third-order valence-electron chi connectivity index (χ3n) is 5.18. The second-order valence-electron chi connectivity index (χ2n) is 7.52. The van der Waals surface area contributed by atoms with Crippen LogP contribution < -0.4 is 14.8 Å². The van der Waals surface area contributed by atoms with Gasteiger partial charge in [0, 0.05) is 30.4 Å². The van der Waals surface area contributed by atoms with Crippen molar-refractivity contribution in [3.05, 3.63) is 54.1 Å². The van der Waals surface area contributed by atoms with Crippen molar-refractivity contribution >= 4 is 27.7 Å². The molecule has 9 nitrogen and oxygen atoms in total. The second-order valence-corrected chi connectivity index (χ2v) is 9.21. The second kappa shape index (κ2) is 11.0. The highest BCUT2D eigenvalue weighted by atomic mass is 32.2. The van der Waals surface area contributed by atoms with E-state index in [1.807, 2.05) is 6.92 Å². The normalized spacial score (nSPS) is 14.4. The van der Waals surface area contributed by atoms with Crippen molar-refractivity contribution in [3.63, 3.8) is 0 Å². The Kier molecular flexibility index (Phi) is 8.16. The molecule has 0 aromatic heterocycles. The highest BCUT2D eigenvalue weighted by Crippen LogP contribution is 2.20. The molecule has 2 aromatic carbocycles. The van der Waals surface area contributed by atoms with Crippen molar-refractivity contribution in [2.75, 3.05) is 31.0 Å². The summed E-state index contributed by atoms with van der Waals surface area (Å²) < 4.78 is 38.5. The summed E-state index contributed by atoms with van der Waals surface area (Å²) in [5.41, 5.74) is 0.638. The van der Waals surface area contributed by atoms with Gasteiger partial charge in [-0.25, -0.2) is 13.2 Å². The van der Waals surface area contributed by atoms with Gasteiger partial charge >= 0.3 is 6.09 Å². The fraction of sp³-hybridized carbons (Fsp3) is 0.391. The van der Waals surface area contributed by atoms with Crippen LogP contribution in [0.15, 0.2) is 53.4 Å².